The normalized spacial score (nSPS) is 26.6. The fourth-order valence-electron chi connectivity index (χ4n) is 2.30. The average Bonchev–Trinajstić information content (AvgIpc) is 2.64. The summed E-state index contributed by atoms with van der Waals surface area (Å²) in [4.78, 5) is 6.88. The third-order valence-electron chi connectivity index (χ3n) is 2.94. The molecule has 0 aliphatic carbocycles. The van der Waals surface area contributed by atoms with Gasteiger partial charge in [-0.3, -0.25) is 4.90 Å². The van der Waals surface area contributed by atoms with E-state index in [1.165, 1.54) is 0 Å². The van der Waals surface area contributed by atoms with E-state index >= 15 is 0 Å². The summed E-state index contributed by atoms with van der Waals surface area (Å²) in [5, 5.41) is 0. The number of hydrogen-bond donors (Lipinski definition) is 0. The Morgan fingerprint density at radius 1 is 1.35 bits per heavy atom. The molecule has 1 aromatic heterocycles. The number of morpholine rings is 1. The molecule has 1 saturated heterocycles. The summed E-state index contributed by atoms with van der Waals surface area (Å²) in [5.74, 6) is 1.18. The predicted octanol–water partition coefficient (Wildman–Crippen LogP) is 2.41. The zero-order valence-electron chi connectivity index (χ0n) is 11.1. The topological polar surface area (TPSA) is 38.5 Å². The molecule has 0 N–H and O–H groups in total. The van der Waals surface area contributed by atoms with Crippen molar-refractivity contribution in [1.82, 2.24) is 9.88 Å². The van der Waals surface area contributed by atoms with Gasteiger partial charge in [0, 0.05) is 25.6 Å². The van der Waals surface area contributed by atoms with E-state index < -0.39 is 0 Å². The molecule has 0 unspecified atom stereocenters. The lowest BCUT2D eigenvalue weighted by molar-refractivity contribution is -0.0707. The third kappa shape index (κ3) is 3.30. The van der Waals surface area contributed by atoms with E-state index in [4.69, 9.17) is 9.15 Å². The van der Waals surface area contributed by atoms with Gasteiger partial charge in [-0.2, -0.15) is 0 Å². The van der Waals surface area contributed by atoms with Crippen molar-refractivity contribution in [3.05, 3.63) is 17.8 Å². The summed E-state index contributed by atoms with van der Waals surface area (Å²) in [5.41, 5.74) is 1.02. The Morgan fingerprint density at radius 3 is 2.53 bits per heavy atom. The Labute approximate surface area is 103 Å². The maximum Gasteiger partial charge on any atom is 0.196 e. The van der Waals surface area contributed by atoms with Gasteiger partial charge in [0.1, 0.15) is 6.26 Å². The SMILES string of the molecule is CC(C)c1nc(CN2C[C@@H](C)O[C@@H](C)C2)co1. The number of nitrogens with zero attached hydrogens (tertiary/aromatic N) is 2. The predicted molar refractivity (Wildman–Crippen MR) is 65.9 cm³/mol. The fraction of sp³-hybridized carbons (Fsp3) is 0.769. The van der Waals surface area contributed by atoms with Crippen LogP contribution in [-0.2, 0) is 11.3 Å². The molecule has 0 saturated carbocycles. The van der Waals surface area contributed by atoms with E-state index in [0.29, 0.717) is 18.1 Å². The largest absolute Gasteiger partial charge is 0.448 e. The van der Waals surface area contributed by atoms with E-state index in [1.54, 1.807) is 6.26 Å². The van der Waals surface area contributed by atoms with Crippen LogP contribution in [0.3, 0.4) is 0 Å². The second-order valence-corrected chi connectivity index (χ2v) is 5.28. The second kappa shape index (κ2) is 5.19. The molecule has 2 atom stereocenters. The van der Waals surface area contributed by atoms with Gasteiger partial charge in [-0.15, -0.1) is 0 Å². The maximum absolute atomic E-state index is 5.71. The van der Waals surface area contributed by atoms with Gasteiger partial charge in [0.15, 0.2) is 5.89 Å². The summed E-state index contributed by atoms with van der Waals surface area (Å²) in [6.45, 7) is 11.2. The van der Waals surface area contributed by atoms with E-state index in [1.807, 2.05) is 0 Å². The molecule has 2 rings (SSSR count). The molecule has 1 aliphatic heterocycles. The highest BCUT2D eigenvalue weighted by molar-refractivity contribution is 4.99. The molecule has 1 fully saturated rings. The van der Waals surface area contributed by atoms with Crippen LogP contribution in [0, 0.1) is 0 Å². The first-order valence-electron chi connectivity index (χ1n) is 6.36. The summed E-state index contributed by atoms with van der Waals surface area (Å²) < 4.78 is 11.2. The van der Waals surface area contributed by atoms with Gasteiger partial charge in [0.2, 0.25) is 0 Å². The highest BCUT2D eigenvalue weighted by Crippen LogP contribution is 2.17. The average molecular weight is 238 g/mol. The van der Waals surface area contributed by atoms with Gasteiger partial charge in [-0.1, -0.05) is 13.8 Å². The molecule has 1 aromatic rings. The van der Waals surface area contributed by atoms with Crippen LogP contribution in [0.5, 0.6) is 0 Å². The first-order valence-corrected chi connectivity index (χ1v) is 6.36. The number of aromatic nitrogens is 1. The van der Waals surface area contributed by atoms with Crippen molar-refractivity contribution < 1.29 is 9.15 Å². The van der Waals surface area contributed by atoms with Crippen LogP contribution >= 0.6 is 0 Å². The van der Waals surface area contributed by atoms with Crippen LogP contribution in [0.25, 0.3) is 0 Å². The summed E-state index contributed by atoms with van der Waals surface area (Å²) in [7, 11) is 0. The van der Waals surface area contributed by atoms with Crippen molar-refractivity contribution in [2.24, 2.45) is 0 Å². The van der Waals surface area contributed by atoms with E-state index in [2.05, 4.69) is 37.6 Å². The van der Waals surface area contributed by atoms with Crippen LogP contribution in [-0.4, -0.2) is 35.2 Å². The molecule has 17 heavy (non-hydrogen) atoms. The fourth-order valence-corrected chi connectivity index (χ4v) is 2.30. The van der Waals surface area contributed by atoms with Crippen LogP contribution in [0.2, 0.25) is 0 Å². The Bertz CT molecular complexity index is 352. The summed E-state index contributed by atoms with van der Waals surface area (Å²) >= 11 is 0. The molecule has 96 valence electrons. The van der Waals surface area contributed by atoms with E-state index in [9.17, 15) is 0 Å². The van der Waals surface area contributed by atoms with Gasteiger partial charge < -0.3 is 9.15 Å². The monoisotopic (exact) mass is 238 g/mol. The van der Waals surface area contributed by atoms with Crippen LogP contribution < -0.4 is 0 Å². The van der Waals surface area contributed by atoms with E-state index in [0.717, 1.165) is 31.2 Å². The van der Waals surface area contributed by atoms with Crippen LogP contribution in [0.4, 0.5) is 0 Å². The summed E-state index contributed by atoms with van der Waals surface area (Å²) in [6, 6.07) is 0. The van der Waals surface area contributed by atoms with Crippen LogP contribution in [0.15, 0.2) is 10.7 Å². The lowest BCUT2D eigenvalue weighted by Crippen LogP contribution is -2.44. The minimum absolute atomic E-state index is 0.301. The lowest BCUT2D eigenvalue weighted by atomic mass is 10.2. The van der Waals surface area contributed by atoms with Gasteiger partial charge in [-0.05, 0) is 13.8 Å². The molecule has 0 spiro atoms. The van der Waals surface area contributed by atoms with Crippen molar-refractivity contribution in [2.45, 2.75) is 52.4 Å². The van der Waals surface area contributed by atoms with Gasteiger partial charge >= 0.3 is 0 Å². The number of oxazole rings is 1. The number of hydrogen-bond acceptors (Lipinski definition) is 4. The molecule has 2 heterocycles. The molecular formula is C13H22N2O2. The molecule has 0 radical (unpaired) electrons. The molecule has 0 bridgehead atoms. The van der Waals surface area contributed by atoms with Gasteiger partial charge in [0.05, 0.1) is 17.9 Å². The molecule has 4 heteroatoms. The number of ether oxygens (including phenoxy) is 1. The zero-order chi connectivity index (χ0) is 12.4. The lowest BCUT2D eigenvalue weighted by Gasteiger charge is -2.34. The maximum atomic E-state index is 5.71. The molecule has 1 aliphatic rings. The molecule has 0 amide bonds. The molecule has 0 aromatic carbocycles. The van der Waals surface area contributed by atoms with Crippen molar-refractivity contribution in [2.75, 3.05) is 13.1 Å². The first-order chi connectivity index (χ1) is 8.04. The van der Waals surface area contributed by atoms with Crippen molar-refractivity contribution in [1.29, 1.82) is 0 Å². The smallest absolute Gasteiger partial charge is 0.196 e. The Hall–Kier alpha value is -0.870. The Balaban J connectivity index is 1.95. The number of rotatable bonds is 3. The Morgan fingerprint density at radius 2 is 2.00 bits per heavy atom. The first kappa shape index (κ1) is 12.6. The second-order valence-electron chi connectivity index (χ2n) is 5.28. The van der Waals surface area contributed by atoms with Crippen molar-refractivity contribution >= 4 is 0 Å². The van der Waals surface area contributed by atoms with Crippen LogP contribution in [0.1, 0.15) is 45.2 Å². The van der Waals surface area contributed by atoms with Gasteiger partial charge in [-0.25, -0.2) is 4.98 Å². The quantitative estimate of drug-likeness (QED) is 0.810. The van der Waals surface area contributed by atoms with E-state index in [-0.39, 0.29) is 0 Å². The summed E-state index contributed by atoms with van der Waals surface area (Å²) in [6.07, 6.45) is 2.38. The van der Waals surface area contributed by atoms with Crippen molar-refractivity contribution in [3.8, 4) is 0 Å². The van der Waals surface area contributed by atoms with Gasteiger partial charge in [0.25, 0.3) is 0 Å². The van der Waals surface area contributed by atoms with Crippen molar-refractivity contribution in [3.63, 3.8) is 0 Å². The molecular weight excluding hydrogens is 216 g/mol. The third-order valence-corrected chi connectivity index (χ3v) is 2.94. The minimum atomic E-state index is 0.301. The standard InChI is InChI=1S/C13H22N2O2/c1-9(2)13-14-12(8-16-13)7-15-5-10(3)17-11(4)6-15/h8-11H,5-7H2,1-4H3/t10-,11+. The highest BCUT2D eigenvalue weighted by atomic mass is 16.5. The zero-order valence-corrected chi connectivity index (χ0v) is 11.1. The minimum Gasteiger partial charge on any atom is -0.448 e. The highest BCUT2D eigenvalue weighted by Gasteiger charge is 2.23. The Kier molecular flexibility index (Phi) is 3.84. The molecule has 4 nitrogen and oxygen atoms in total.